The summed E-state index contributed by atoms with van der Waals surface area (Å²) in [5.41, 5.74) is 0. The fraction of sp³-hybridized carbons (Fsp3) is 0.833. The Morgan fingerprint density at radius 1 is 1.47 bits per heavy atom. The van der Waals surface area contributed by atoms with Crippen molar-refractivity contribution in [3.05, 3.63) is 0 Å². The van der Waals surface area contributed by atoms with Crippen LogP contribution in [0.5, 0.6) is 0 Å². The van der Waals surface area contributed by atoms with Crippen LogP contribution in [0.1, 0.15) is 46.0 Å². The van der Waals surface area contributed by atoms with Gasteiger partial charge in [-0.3, -0.25) is 4.79 Å². The first-order valence-electron chi connectivity index (χ1n) is 5.92. The number of carbonyl (C=O) groups excluding carboxylic acids is 1. The predicted molar refractivity (Wildman–Crippen MR) is 59.0 cm³/mol. The minimum absolute atomic E-state index is 0.157. The number of hydrogen-bond donors (Lipinski definition) is 0. The molecule has 0 N–H and O–H groups in total. The highest BCUT2D eigenvalue weighted by Crippen LogP contribution is 2.29. The molecule has 0 radical (unpaired) electrons. The molecule has 0 aliphatic heterocycles. The highest BCUT2D eigenvalue weighted by Gasteiger charge is 2.34. The summed E-state index contributed by atoms with van der Waals surface area (Å²) in [7, 11) is 0. The summed E-state index contributed by atoms with van der Waals surface area (Å²) >= 11 is 0. The van der Waals surface area contributed by atoms with E-state index in [4.69, 9.17) is 5.26 Å². The summed E-state index contributed by atoms with van der Waals surface area (Å²) in [6.07, 6.45) is 4.52. The molecular weight excluding hydrogens is 188 g/mol. The second-order valence-corrected chi connectivity index (χ2v) is 4.18. The molecule has 0 bridgehead atoms. The van der Waals surface area contributed by atoms with Crippen molar-refractivity contribution in [1.29, 1.82) is 5.26 Å². The van der Waals surface area contributed by atoms with Crippen molar-refractivity contribution in [1.82, 2.24) is 4.90 Å². The summed E-state index contributed by atoms with van der Waals surface area (Å²) in [5.74, 6) is 0.419. The van der Waals surface area contributed by atoms with Gasteiger partial charge >= 0.3 is 0 Å². The topological polar surface area (TPSA) is 44.1 Å². The monoisotopic (exact) mass is 208 g/mol. The van der Waals surface area contributed by atoms with Gasteiger partial charge in [0.25, 0.3) is 0 Å². The lowest BCUT2D eigenvalue weighted by molar-refractivity contribution is -0.136. The second kappa shape index (κ2) is 5.75. The number of hydrogen-bond acceptors (Lipinski definition) is 2. The van der Waals surface area contributed by atoms with Crippen LogP contribution in [0.15, 0.2) is 0 Å². The van der Waals surface area contributed by atoms with Gasteiger partial charge < -0.3 is 4.90 Å². The van der Waals surface area contributed by atoms with E-state index in [0.717, 1.165) is 25.7 Å². The van der Waals surface area contributed by atoms with E-state index in [1.165, 1.54) is 0 Å². The minimum atomic E-state index is 0.157. The zero-order valence-electron chi connectivity index (χ0n) is 9.70. The SMILES string of the molecule is CCC(CC)C(=O)N(CCC#N)C1CC1. The molecule has 0 spiro atoms. The van der Waals surface area contributed by atoms with Crippen LogP contribution in [0.2, 0.25) is 0 Å². The summed E-state index contributed by atoms with van der Waals surface area (Å²) in [4.78, 5) is 14.0. The minimum Gasteiger partial charge on any atom is -0.338 e. The Labute approximate surface area is 92.1 Å². The van der Waals surface area contributed by atoms with E-state index in [1.54, 1.807) is 0 Å². The van der Waals surface area contributed by atoms with Gasteiger partial charge in [-0.15, -0.1) is 0 Å². The Morgan fingerprint density at radius 2 is 2.07 bits per heavy atom. The molecule has 0 unspecified atom stereocenters. The molecule has 0 atom stereocenters. The van der Waals surface area contributed by atoms with Crippen LogP contribution in [-0.4, -0.2) is 23.4 Å². The maximum absolute atomic E-state index is 12.1. The molecule has 1 rings (SSSR count). The molecular formula is C12H20N2O. The van der Waals surface area contributed by atoms with Gasteiger partial charge in [-0.1, -0.05) is 13.8 Å². The van der Waals surface area contributed by atoms with E-state index in [2.05, 4.69) is 19.9 Å². The van der Waals surface area contributed by atoms with Crippen molar-refractivity contribution in [2.24, 2.45) is 5.92 Å². The molecule has 1 saturated carbocycles. The van der Waals surface area contributed by atoms with Crippen molar-refractivity contribution in [2.45, 2.75) is 52.0 Å². The summed E-state index contributed by atoms with van der Waals surface area (Å²) in [6.45, 7) is 4.74. The molecule has 0 aromatic carbocycles. The number of rotatable bonds is 6. The molecule has 3 heteroatoms. The molecule has 0 saturated heterocycles. The van der Waals surface area contributed by atoms with E-state index in [0.29, 0.717) is 19.0 Å². The van der Waals surface area contributed by atoms with Gasteiger partial charge in [-0.2, -0.15) is 5.26 Å². The fourth-order valence-corrected chi connectivity index (χ4v) is 1.90. The first-order valence-corrected chi connectivity index (χ1v) is 5.92. The largest absolute Gasteiger partial charge is 0.338 e. The molecule has 84 valence electrons. The van der Waals surface area contributed by atoms with Gasteiger partial charge in [-0.25, -0.2) is 0 Å². The Hall–Kier alpha value is -1.04. The zero-order valence-corrected chi connectivity index (χ0v) is 9.70. The van der Waals surface area contributed by atoms with Crippen LogP contribution in [0.3, 0.4) is 0 Å². The number of carbonyl (C=O) groups is 1. The van der Waals surface area contributed by atoms with Crippen molar-refractivity contribution in [2.75, 3.05) is 6.54 Å². The van der Waals surface area contributed by atoms with E-state index in [-0.39, 0.29) is 11.8 Å². The normalized spacial score (nSPS) is 15.1. The molecule has 0 aromatic heterocycles. The molecule has 0 heterocycles. The van der Waals surface area contributed by atoms with Crippen LogP contribution in [0.4, 0.5) is 0 Å². The summed E-state index contributed by atoms with van der Waals surface area (Å²) in [5, 5.41) is 8.56. The Morgan fingerprint density at radius 3 is 2.47 bits per heavy atom. The maximum Gasteiger partial charge on any atom is 0.225 e. The van der Waals surface area contributed by atoms with Crippen molar-refractivity contribution in [3.63, 3.8) is 0 Å². The Bertz CT molecular complexity index is 249. The molecule has 3 nitrogen and oxygen atoms in total. The van der Waals surface area contributed by atoms with Crippen LogP contribution in [-0.2, 0) is 4.79 Å². The van der Waals surface area contributed by atoms with E-state index in [1.807, 2.05) is 4.90 Å². The average molecular weight is 208 g/mol. The lowest BCUT2D eigenvalue weighted by Crippen LogP contribution is -2.38. The molecule has 1 aliphatic carbocycles. The lowest BCUT2D eigenvalue weighted by Gasteiger charge is -2.25. The van der Waals surface area contributed by atoms with Crippen LogP contribution >= 0.6 is 0 Å². The predicted octanol–water partition coefficient (Wildman–Crippen LogP) is 2.33. The summed E-state index contributed by atoms with van der Waals surface area (Å²) in [6, 6.07) is 2.55. The first kappa shape index (κ1) is 12.0. The van der Waals surface area contributed by atoms with Crippen molar-refractivity contribution < 1.29 is 4.79 Å². The fourth-order valence-electron chi connectivity index (χ4n) is 1.90. The first-order chi connectivity index (χ1) is 7.24. The smallest absolute Gasteiger partial charge is 0.225 e. The zero-order chi connectivity index (χ0) is 11.3. The van der Waals surface area contributed by atoms with Gasteiger partial charge in [0.2, 0.25) is 5.91 Å². The quantitative estimate of drug-likeness (QED) is 0.672. The number of nitrogens with zero attached hydrogens (tertiary/aromatic N) is 2. The molecule has 1 amide bonds. The van der Waals surface area contributed by atoms with Crippen LogP contribution < -0.4 is 0 Å². The Balaban J connectivity index is 2.54. The van der Waals surface area contributed by atoms with Gasteiger partial charge in [0.1, 0.15) is 0 Å². The molecule has 1 aliphatic rings. The molecule has 0 aromatic rings. The second-order valence-electron chi connectivity index (χ2n) is 4.18. The van der Waals surface area contributed by atoms with Gasteiger partial charge in [0.15, 0.2) is 0 Å². The lowest BCUT2D eigenvalue weighted by atomic mass is 10.0. The highest BCUT2D eigenvalue weighted by atomic mass is 16.2. The van der Waals surface area contributed by atoms with Crippen molar-refractivity contribution in [3.8, 4) is 6.07 Å². The summed E-state index contributed by atoms with van der Waals surface area (Å²) < 4.78 is 0. The van der Waals surface area contributed by atoms with Gasteiger partial charge in [-0.05, 0) is 25.7 Å². The number of amides is 1. The van der Waals surface area contributed by atoms with Crippen molar-refractivity contribution >= 4 is 5.91 Å². The van der Waals surface area contributed by atoms with E-state index < -0.39 is 0 Å². The van der Waals surface area contributed by atoms with Gasteiger partial charge in [0, 0.05) is 18.5 Å². The highest BCUT2D eigenvalue weighted by molar-refractivity contribution is 5.79. The standard InChI is InChI=1S/C12H20N2O/c1-3-10(4-2)12(15)14(9-5-8-13)11-6-7-11/h10-11H,3-7,9H2,1-2H3. The van der Waals surface area contributed by atoms with Crippen LogP contribution in [0, 0.1) is 17.2 Å². The third kappa shape index (κ3) is 3.23. The maximum atomic E-state index is 12.1. The van der Waals surface area contributed by atoms with E-state index in [9.17, 15) is 4.79 Å². The third-order valence-corrected chi connectivity index (χ3v) is 3.07. The third-order valence-electron chi connectivity index (χ3n) is 3.07. The Kier molecular flexibility index (Phi) is 4.61. The van der Waals surface area contributed by atoms with E-state index >= 15 is 0 Å². The average Bonchev–Trinajstić information content (AvgIpc) is 3.04. The molecule has 1 fully saturated rings. The number of nitriles is 1. The molecule has 15 heavy (non-hydrogen) atoms. The van der Waals surface area contributed by atoms with Gasteiger partial charge in [0.05, 0.1) is 12.5 Å². The van der Waals surface area contributed by atoms with Crippen LogP contribution in [0.25, 0.3) is 0 Å².